The van der Waals surface area contributed by atoms with Gasteiger partial charge in [-0.3, -0.25) is 0 Å². The lowest BCUT2D eigenvalue weighted by molar-refractivity contribution is 0.354. The van der Waals surface area contributed by atoms with Crippen molar-refractivity contribution in [2.75, 3.05) is 14.2 Å². The van der Waals surface area contributed by atoms with Crippen LogP contribution < -0.4 is 9.47 Å². The summed E-state index contributed by atoms with van der Waals surface area (Å²) in [6.45, 7) is 3.61. The highest BCUT2D eigenvalue weighted by molar-refractivity contribution is 5.45. The Hall–Kier alpha value is -1.95. The summed E-state index contributed by atoms with van der Waals surface area (Å²) in [5, 5.41) is 8.88. The van der Waals surface area contributed by atoms with Crippen molar-refractivity contribution in [3.63, 3.8) is 0 Å². The molecule has 0 saturated heterocycles. The van der Waals surface area contributed by atoms with Gasteiger partial charge >= 0.3 is 0 Å². The van der Waals surface area contributed by atoms with E-state index >= 15 is 0 Å². The largest absolute Gasteiger partial charge is 0.493 e. The molecule has 0 aliphatic carbocycles. The van der Waals surface area contributed by atoms with E-state index in [9.17, 15) is 0 Å². The van der Waals surface area contributed by atoms with Gasteiger partial charge in [-0.15, -0.1) is 6.58 Å². The van der Waals surface area contributed by atoms with E-state index in [1.165, 1.54) is 0 Å². The lowest BCUT2D eigenvalue weighted by Gasteiger charge is -2.10. The number of ether oxygens (including phenoxy) is 2. The maximum Gasteiger partial charge on any atom is 0.161 e. The van der Waals surface area contributed by atoms with Gasteiger partial charge in [0, 0.05) is 0 Å². The average Bonchev–Trinajstić information content (AvgIpc) is 2.30. The molecule has 1 unspecified atom stereocenters. The molecule has 3 heteroatoms. The smallest absolute Gasteiger partial charge is 0.161 e. The van der Waals surface area contributed by atoms with Crippen LogP contribution in [0.1, 0.15) is 11.5 Å². The van der Waals surface area contributed by atoms with E-state index in [0.29, 0.717) is 11.5 Å². The summed E-state index contributed by atoms with van der Waals surface area (Å²) in [5.41, 5.74) is 0.852. The molecule has 1 rings (SSSR count). The van der Waals surface area contributed by atoms with Crippen LogP contribution >= 0.6 is 0 Å². The van der Waals surface area contributed by atoms with Crippen molar-refractivity contribution in [1.29, 1.82) is 5.26 Å². The number of hydrogen-bond donors (Lipinski definition) is 0. The first kappa shape index (κ1) is 11.1. The minimum atomic E-state index is -0.315. The maximum absolute atomic E-state index is 8.88. The molecule has 0 spiro atoms. The number of hydrogen-bond acceptors (Lipinski definition) is 3. The summed E-state index contributed by atoms with van der Waals surface area (Å²) in [5.74, 6) is 0.962. The van der Waals surface area contributed by atoms with E-state index in [4.69, 9.17) is 14.7 Å². The normalized spacial score (nSPS) is 11.3. The summed E-state index contributed by atoms with van der Waals surface area (Å²) in [4.78, 5) is 0. The first-order valence-corrected chi connectivity index (χ1v) is 4.51. The minimum absolute atomic E-state index is 0.315. The van der Waals surface area contributed by atoms with E-state index in [2.05, 4.69) is 12.6 Å². The second-order valence-electron chi connectivity index (χ2n) is 2.96. The summed E-state index contributed by atoms with van der Waals surface area (Å²) < 4.78 is 10.3. The zero-order valence-corrected chi connectivity index (χ0v) is 8.86. The molecule has 0 heterocycles. The van der Waals surface area contributed by atoms with Crippen LogP contribution in [0.25, 0.3) is 0 Å². The number of nitrogens with zero attached hydrogens (tertiary/aromatic N) is 1. The van der Waals surface area contributed by atoms with E-state index < -0.39 is 0 Å². The van der Waals surface area contributed by atoms with Crippen molar-refractivity contribution in [3.05, 3.63) is 36.4 Å². The van der Waals surface area contributed by atoms with Gasteiger partial charge < -0.3 is 9.47 Å². The molecule has 0 aliphatic rings. The summed E-state index contributed by atoms with van der Waals surface area (Å²) in [7, 11) is 3.14. The van der Waals surface area contributed by atoms with Crippen LogP contribution in [0.3, 0.4) is 0 Å². The highest BCUT2D eigenvalue weighted by Gasteiger charge is 2.10. The zero-order chi connectivity index (χ0) is 11.3. The van der Waals surface area contributed by atoms with Crippen LogP contribution in [0.5, 0.6) is 11.5 Å². The third-order valence-electron chi connectivity index (χ3n) is 2.14. The summed E-state index contributed by atoms with van der Waals surface area (Å²) in [6.07, 6.45) is 1.60. The molecule has 0 saturated carbocycles. The third-order valence-corrected chi connectivity index (χ3v) is 2.14. The molecule has 3 nitrogen and oxygen atoms in total. The molecule has 0 N–H and O–H groups in total. The molecule has 0 amide bonds. The summed E-state index contributed by atoms with van der Waals surface area (Å²) in [6, 6.07) is 7.54. The van der Waals surface area contributed by atoms with Crippen LogP contribution in [-0.2, 0) is 0 Å². The van der Waals surface area contributed by atoms with Crippen LogP contribution in [0, 0.1) is 11.3 Å². The van der Waals surface area contributed by atoms with Crippen LogP contribution in [-0.4, -0.2) is 14.2 Å². The second-order valence-corrected chi connectivity index (χ2v) is 2.96. The first-order valence-electron chi connectivity index (χ1n) is 4.51. The molecule has 78 valence electrons. The van der Waals surface area contributed by atoms with Crippen molar-refractivity contribution in [2.45, 2.75) is 5.92 Å². The monoisotopic (exact) mass is 203 g/mol. The van der Waals surface area contributed by atoms with E-state index in [-0.39, 0.29) is 5.92 Å². The SMILES string of the molecule is C=CC(C#N)c1ccc(OC)c(OC)c1. The standard InChI is InChI=1S/C12H13NO2/c1-4-9(8-13)10-5-6-11(14-2)12(7-10)15-3/h4-7,9H,1H2,2-3H3. The minimum Gasteiger partial charge on any atom is -0.493 e. The van der Waals surface area contributed by atoms with Gasteiger partial charge in [-0.1, -0.05) is 12.1 Å². The fourth-order valence-electron chi connectivity index (χ4n) is 1.31. The van der Waals surface area contributed by atoms with Gasteiger partial charge in [-0.25, -0.2) is 0 Å². The number of methoxy groups -OCH3 is 2. The van der Waals surface area contributed by atoms with Crippen LogP contribution in [0.4, 0.5) is 0 Å². The number of rotatable bonds is 4. The van der Waals surface area contributed by atoms with Crippen LogP contribution in [0.2, 0.25) is 0 Å². The highest BCUT2D eigenvalue weighted by atomic mass is 16.5. The highest BCUT2D eigenvalue weighted by Crippen LogP contribution is 2.30. The Morgan fingerprint density at radius 1 is 1.33 bits per heavy atom. The van der Waals surface area contributed by atoms with Gasteiger partial charge in [0.1, 0.15) is 0 Å². The fourth-order valence-corrected chi connectivity index (χ4v) is 1.31. The molecule has 0 aromatic heterocycles. The van der Waals surface area contributed by atoms with Gasteiger partial charge in [0.15, 0.2) is 11.5 Å². The Balaban J connectivity index is 3.13. The zero-order valence-electron chi connectivity index (χ0n) is 8.86. The van der Waals surface area contributed by atoms with E-state index in [1.807, 2.05) is 6.07 Å². The van der Waals surface area contributed by atoms with Gasteiger partial charge in [-0.2, -0.15) is 5.26 Å². The maximum atomic E-state index is 8.88. The predicted octanol–water partition coefficient (Wildman–Crippen LogP) is 2.50. The predicted molar refractivity (Wildman–Crippen MR) is 58.1 cm³/mol. The van der Waals surface area contributed by atoms with Crippen molar-refractivity contribution in [1.82, 2.24) is 0 Å². The van der Waals surface area contributed by atoms with Crippen LogP contribution in [0.15, 0.2) is 30.9 Å². The molecule has 1 aromatic carbocycles. The first-order chi connectivity index (χ1) is 7.26. The molecular formula is C12H13NO2. The molecule has 0 aliphatic heterocycles. The van der Waals surface area contributed by atoms with Crippen molar-refractivity contribution < 1.29 is 9.47 Å². The lowest BCUT2D eigenvalue weighted by Crippen LogP contribution is -1.95. The second kappa shape index (κ2) is 5.06. The van der Waals surface area contributed by atoms with Crippen molar-refractivity contribution >= 4 is 0 Å². The number of nitriles is 1. The number of benzene rings is 1. The summed E-state index contributed by atoms with van der Waals surface area (Å²) >= 11 is 0. The molecular weight excluding hydrogens is 190 g/mol. The molecule has 15 heavy (non-hydrogen) atoms. The Bertz CT molecular complexity index is 393. The Morgan fingerprint density at radius 3 is 2.47 bits per heavy atom. The van der Waals surface area contributed by atoms with Gasteiger partial charge in [0.25, 0.3) is 0 Å². The van der Waals surface area contributed by atoms with Gasteiger partial charge in [-0.05, 0) is 17.7 Å². The molecule has 1 aromatic rings. The molecule has 0 bridgehead atoms. The van der Waals surface area contributed by atoms with Crippen molar-refractivity contribution in [3.8, 4) is 17.6 Å². The third kappa shape index (κ3) is 2.29. The van der Waals surface area contributed by atoms with E-state index in [0.717, 1.165) is 5.56 Å². The van der Waals surface area contributed by atoms with E-state index in [1.54, 1.807) is 32.4 Å². The molecule has 0 radical (unpaired) electrons. The average molecular weight is 203 g/mol. The Kier molecular flexibility index (Phi) is 3.75. The fraction of sp³-hybridized carbons (Fsp3) is 0.250. The number of allylic oxidation sites excluding steroid dienone is 1. The Morgan fingerprint density at radius 2 is 2.00 bits per heavy atom. The quantitative estimate of drug-likeness (QED) is 0.706. The lowest BCUT2D eigenvalue weighted by atomic mass is 10.0. The van der Waals surface area contributed by atoms with Crippen molar-refractivity contribution in [2.24, 2.45) is 0 Å². The van der Waals surface area contributed by atoms with Gasteiger partial charge in [0.05, 0.1) is 26.2 Å². The Labute approximate surface area is 89.6 Å². The molecule has 0 fully saturated rings. The topological polar surface area (TPSA) is 42.2 Å². The van der Waals surface area contributed by atoms with Gasteiger partial charge in [0.2, 0.25) is 0 Å². The molecule has 1 atom stereocenters.